The van der Waals surface area contributed by atoms with Gasteiger partial charge in [0.25, 0.3) is 0 Å². The molecular formula is C11H14FN3. The molecule has 0 aromatic rings. The number of nitriles is 1. The van der Waals surface area contributed by atoms with Crippen molar-refractivity contribution in [3.8, 4) is 6.07 Å². The Bertz CT molecular complexity index is 325. The number of hydrogen-bond donors (Lipinski definition) is 1. The lowest BCUT2D eigenvalue weighted by Gasteiger charge is -2.40. The van der Waals surface area contributed by atoms with Gasteiger partial charge in [0.15, 0.2) is 0 Å². The molecule has 1 saturated heterocycles. The SMILES string of the molecule is N#CC1C=CC=CC1(F)N1CCNCC1. The van der Waals surface area contributed by atoms with Crippen LogP contribution >= 0.6 is 0 Å². The normalized spacial score (nSPS) is 36.4. The van der Waals surface area contributed by atoms with Gasteiger partial charge in [-0.25, -0.2) is 4.39 Å². The molecule has 4 heteroatoms. The van der Waals surface area contributed by atoms with E-state index < -0.39 is 11.7 Å². The van der Waals surface area contributed by atoms with E-state index in [9.17, 15) is 4.39 Å². The summed E-state index contributed by atoms with van der Waals surface area (Å²) in [7, 11) is 0. The molecule has 0 saturated carbocycles. The number of nitrogens with one attached hydrogen (secondary N) is 1. The van der Waals surface area contributed by atoms with E-state index >= 15 is 0 Å². The average molecular weight is 207 g/mol. The van der Waals surface area contributed by atoms with E-state index in [4.69, 9.17) is 5.26 Å². The lowest BCUT2D eigenvalue weighted by molar-refractivity contribution is -0.0192. The molecular weight excluding hydrogens is 193 g/mol. The highest BCUT2D eigenvalue weighted by Crippen LogP contribution is 2.32. The molecule has 1 aliphatic heterocycles. The largest absolute Gasteiger partial charge is 0.314 e. The highest BCUT2D eigenvalue weighted by atomic mass is 19.1. The molecule has 0 spiro atoms. The van der Waals surface area contributed by atoms with Gasteiger partial charge in [-0.3, -0.25) is 4.90 Å². The van der Waals surface area contributed by atoms with Crippen molar-refractivity contribution in [3.63, 3.8) is 0 Å². The van der Waals surface area contributed by atoms with Crippen LogP contribution < -0.4 is 5.32 Å². The number of halogens is 1. The van der Waals surface area contributed by atoms with Gasteiger partial charge in [0.05, 0.1) is 6.07 Å². The lowest BCUT2D eigenvalue weighted by Crippen LogP contribution is -2.56. The first-order valence-electron chi connectivity index (χ1n) is 5.18. The Hall–Kier alpha value is -1.18. The van der Waals surface area contributed by atoms with Crippen LogP contribution in [0.2, 0.25) is 0 Å². The number of allylic oxidation sites excluding steroid dienone is 2. The maximum absolute atomic E-state index is 14.7. The third kappa shape index (κ3) is 1.81. The third-order valence-electron chi connectivity index (χ3n) is 2.92. The first kappa shape index (κ1) is 10.3. The Morgan fingerprint density at radius 3 is 2.80 bits per heavy atom. The van der Waals surface area contributed by atoms with E-state index in [-0.39, 0.29) is 0 Å². The second kappa shape index (κ2) is 4.13. The molecule has 2 unspecified atom stereocenters. The second-order valence-electron chi connectivity index (χ2n) is 3.82. The van der Waals surface area contributed by atoms with Crippen LogP contribution in [0.15, 0.2) is 24.3 Å². The summed E-state index contributed by atoms with van der Waals surface area (Å²) in [6.45, 7) is 2.85. The average Bonchev–Trinajstić information content (AvgIpc) is 2.31. The van der Waals surface area contributed by atoms with Gasteiger partial charge in [0.1, 0.15) is 5.92 Å². The molecule has 0 amide bonds. The zero-order valence-corrected chi connectivity index (χ0v) is 8.49. The molecule has 1 fully saturated rings. The molecule has 1 N–H and O–H groups in total. The minimum absolute atomic E-state index is 0.646. The van der Waals surface area contributed by atoms with Crippen LogP contribution in [0.3, 0.4) is 0 Å². The molecule has 0 aromatic carbocycles. The van der Waals surface area contributed by atoms with Crippen LogP contribution in [-0.2, 0) is 0 Å². The van der Waals surface area contributed by atoms with E-state index in [1.165, 1.54) is 6.08 Å². The summed E-state index contributed by atoms with van der Waals surface area (Å²) in [5.74, 6) is -2.31. The Morgan fingerprint density at radius 1 is 1.40 bits per heavy atom. The summed E-state index contributed by atoms with van der Waals surface area (Å²) in [6, 6.07) is 2.02. The smallest absolute Gasteiger partial charge is 0.202 e. The Kier molecular flexibility index (Phi) is 2.85. The van der Waals surface area contributed by atoms with Crippen molar-refractivity contribution in [2.75, 3.05) is 26.2 Å². The maximum Gasteiger partial charge on any atom is 0.202 e. The molecule has 2 aliphatic rings. The van der Waals surface area contributed by atoms with Crippen LogP contribution in [0.25, 0.3) is 0 Å². The van der Waals surface area contributed by atoms with Crippen molar-refractivity contribution >= 4 is 0 Å². The topological polar surface area (TPSA) is 39.1 Å². The fraction of sp³-hybridized carbons (Fsp3) is 0.545. The standard InChI is InChI=1S/C11H14FN3/c12-11(15-7-5-14-6-8-15)4-2-1-3-10(11)9-13/h1-4,10,14H,5-8H2. The molecule has 15 heavy (non-hydrogen) atoms. The van der Waals surface area contributed by atoms with Crippen LogP contribution in [0.1, 0.15) is 0 Å². The van der Waals surface area contributed by atoms with E-state index in [0.717, 1.165) is 13.1 Å². The first-order valence-corrected chi connectivity index (χ1v) is 5.18. The van der Waals surface area contributed by atoms with Gasteiger partial charge >= 0.3 is 0 Å². The zero-order chi connectivity index (χ0) is 10.7. The van der Waals surface area contributed by atoms with Crippen molar-refractivity contribution in [2.45, 2.75) is 5.79 Å². The Morgan fingerprint density at radius 2 is 2.13 bits per heavy atom. The highest BCUT2D eigenvalue weighted by Gasteiger charge is 2.42. The summed E-state index contributed by atoms with van der Waals surface area (Å²) in [6.07, 6.45) is 6.53. The fourth-order valence-electron chi connectivity index (χ4n) is 2.05. The molecule has 1 aliphatic carbocycles. The van der Waals surface area contributed by atoms with Crippen molar-refractivity contribution in [3.05, 3.63) is 24.3 Å². The van der Waals surface area contributed by atoms with E-state index in [2.05, 4.69) is 5.32 Å². The summed E-state index contributed by atoms with van der Waals surface area (Å²) in [5, 5.41) is 12.1. The van der Waals surface area contributed by atoms with Crippen LogP contribution in [-0.4, -0.2) is 36.9 Å². The summed E-state index contributed by atoms with van der Waals surface area (Å²) in [4.78, 5) is 1.73. The molecule has 2 atom stereocenters. The molecule has 80 valence electrons. The van der Waals surface area contributed by atoms with Gasteiger partial charge in [0.2, 0.25) is 5.79 Å². The van der Waals surface area contributed by atoms with Gasteiger partial charge in [-0.15, -0.1) is 0 Å². The number of alkyl halides is 1. The summed E-state index contributed by atoms with van der Waals surface area (Å²) in [5.41, 5.74) is 0. The Balaban J connectivity index is 2.19. The summed E-state index contributed by atoms with van der Waals surface area (Å²) < 4.78 is 14.7. The second-order valence-corrected chi connectivity index (χ2v) is 3.82. The monoisotopic (exact) mass is 207 g/mol. The van der Waals surface area contributed by atoms with Crippen molar-refractivity contribution < 1.29 is 4.39 Å². The predicted molar refractivity (Wildman–Crippen MR) is 55.7 cm³/mol. The maximum atomic E-state index is 14.7. The molecule has 0 bridgehead atoms. The quantitative estimate of drug-likeness (QED) is 0.647. The molecule has 2 rings (SSSR count). The van der Waals surface area contributed by atoms with Crippen molar-refractivity contribution in [2.24, 2.45) is 5.92 Å². The molecule has 0 aromatic heterocycles. The number of nitrogens with zero attached hydrogens (tertiary/aromatic N) is 2. The predicted octanol–water partition coefficient (Wildman–Crippen LogP) is 0.823. The van der Waals surface area contributed by atoms with Gasteiger partial charge in [-0.1, -0.05) is 18.2 Å². The van der Waals surface area contributed by atoms with Gasteiger partial charge in [-0.2, -0.15) is 5.26 Å². The van der Waals surface area contributed by atoms with Crippen LogP contribution in [0, 0.1) is 17.2 Å². The zero-order valence-electron chi connectivity index (χ0n) is 8.49. The van der Waals surface area contributed by atoms with Crippen molar-refractivity contribution in [1.82, 2.24) is 10.2 Å². The van der Waals surface area contributed by atoms with Crippen molar-refractivity contribution in [1.29, 1.82) is 5.26 Å². The first-order chi connectivity index (χ1) is 7.27. The molecule has 3 nitrogen and oxygen atoms in total. The third-order valence-corrected chi connectivity index (χ3v) is 2.92. The molecule has 0 radical (unpaired) electrons. The van der Waals surface area contributed by atoms with Crippen LogP contribution in [0.4, 0.5) is 4.39 Å². The van der Waals surface area contributed by atoms with Gasteiger partial charge in [-0.05, 0) is 6.08 Å². The van der Waals surface area contributed by atoms with Crippen LogP contribution in [0.5, 0.6) is 0 Å². The minimum Gasteiger partial charge on any atom is -0.314 e. The van der Waals surface area contributed by atoms with Gasteiger partial charge in [0, 0.05) is 26.2 Å². The van der Waals surface area contributed by atoms with Gasteiger partial charge < -0.3 is 5.32 Å². The number of piperazine rings is 1. The lowest BCUT2D eigenvalue weighted by atomic mass is 9.92. The van der Waals surface area contributed by atoms with E-state index in [1.807, 2.05) is 6.07 Å². The Labute approximate surface area is 88.9 Å². The van der Waals surface area contributed by atoms with E-state index in [1.54, 1.807) is 23.1 Å². The minimum atomic E-state index is -1.62. The summed E-state index contributed by atoms with van der Waals surface area (Å²) >= 11 is 0. The number of rotatable bonds is 1. The fourth-order valence-corrected chi connectivity index (χ4v) is 2.05. The number of hydrogen-bond acceptors (Lipinski definition) is 3. The van der Waals surface area contributed by atoms with E-state index in [0.29, 0.717) is 13.1 Å². The highest BCUT2D eigenvalue weighted by molar-refractivity contribution is 5.26. The molecule has 1 heterocycles.